The van der Waals surface area contributed by atoms with Crippen LogP contribution in [0, 0.1) is 0 Å². The molecule has 0 radical (unpaired) electrons. The Morgan fingerprint density at radius 3 is 2.80 bits per heavy atom. The summed E-state index contributed by atoms with van der Waals surface area (Å²) in [7, 11) is 0. The van der Waals surface area contributed by atoms with E-state index in [0.717, 1.165) is 35.5 Å². The summed E-state index contributed by atoms with van der Waals surface area (Å²) in [5, 5.41) is 3.71. The van der Waals surface area contributed by atoms with Gasteiger partial charge in [0.2, 0.25) is 0 Å². The highest BCUT2D eigenvalue weighted by molar-refractivity contribution is 6.32. The Bertz CT molecular complexity index is 437. The van der Waals surface area contributed by atoms with E-state index in [-0.39, 0.29) is 11.3 Å². The van der Waals surface area contributed by atoms with Gasteiger partial charge in [-0.1, -0.05) is 24.1 Å². The van der Waals surface area contributed by atoms with E-state index < -0.39 is 0 Å². The van der Waals surface area contributed by atoms with Crippen molar-refractivity contribution < 1.29 is 4.79 Å². The maximum absolute atomic E-state index is 11.7. The van der Waals surface area contributed by atoms with Crippen molar-refractivity contribution in [3.8, 4) is 0 Å². The van der Waals surface area contributed by atoms with Crippen molar-refractivity contribution in [3.05, 3.63) is 34.3 Å². The molecule has 1 N–H and O–H groups in total. The molecule has 1 aliphatic carbocycles. The summed E-state index contributed by atoms with van der Waals surface area (Å²) in [6.07, 6.45) is 3.52. The number of carbonyl (C=O) groups is 1. The van der Waals surface area contributed by atoms with Crippen molar-refractivity contribution in [1.29, 1.82) is 0 Å². The Morgan fingerprint density at radius 2 is 2.13 bits per heavy atom. The molecule has 15 heavy (non-hydrogen) atoms. The fourth-order valence-electron chi connectivity index (χ4n) is 2.72. The molecule has 1 saturated carbocycles. The van der Waals surface area contributed by atoms with Gasteiger partial charge in [0.25, 0.3) is 5.91 Å². The summed E-state index contributed by atoms with van der Waals surface area (Å²) in [4.78, 5) is 11.7. The van der Waals surface area contributed by atoms with Crippen LogP contribution in [0.15, 0.2) is 18.2 Å². The lowest BCUT2D eigenvalue weighted by molar-refractivity contribution is 0.0896. The number of hydrogen-bond acceptors (Lipinski definition) is 1. The van der Waals surface area contributed by atoms with Crippen LogP contribution in [0.5, 0.6) is 0 Å². The third kappa shape index (κ3) is 1.14. The fourth-order valence-corrected chi connectivity index (χ4v) is 3.09. The second-order valence-electron chi connectivity index (χ2n) is 4.48. The molecule has 2 aliphatic rings. The summed E-state index contributed by atoms with van der Waals surface area (Å²) in [6.45, 7) is 0.753. The zero-order valence-corrected chi connectivity index (χ0v) is 9.10. The Morgan fingerprint density at radius 1 is 1.33 bits per heavy atom. The van der Waals surface area contributed by atoms with Gasteiger partial charge in [-0.25, -0.2) is 0 Å². The average molecular weight is 222 g/mol. The number of carbonyl (C=O) groups excluding carboxylic acids is 1. The highest BCUT2D eigenvalue weighted by Gasteiger charge is 2.45. The Hall–Kier alpha value is -1.02. The minimum atomic E-state index is 0.0185. The van der Waals surface area contributed by atoms with Crippen LogP contribution in [0.3, 0.4) is 0 Å². The molecule has 0 unspecified atom stereocenters. The average Bonchev–Trinajstić information content (AvgIpc) is 2.17. The molecule has 3 heteroatoms. The molecule has 1 heterocycles. The van der Waals surface area contributed by atoms with Gasteiger partial charge in [-0.05, 0) is 30.5 Å². The van der Waals surface area contributed by atoms with E-state index in [9.17, 15) is 4.79 Å². The van der Waals surface area contributed by atoms with Crippen LogP contribution in [-0.2, 0) is 5.41 Å². The first-order chi connectivity index (χ1) is 7.23. The van der Waals surface area contributed by atoms with Crippen LogP contribution in [-0.4, -0.2) is 12.5 Å². The van der Waals surface area contributed by atoms with E-state index >= 15 is 0 Å². The van der Waals surface area contributed by atoms with Gasteiger partial charge in [-0.2, -0.15) is 0 Å². The third-order valence-corrected chi connectivity index (χ3v) is 4.00. The van der Waals surface area contributed by atoms with Crippen molar-refractivity contribution in [2.24, 2.45) is 0 Å². The van der Waals surface area contributed by atoms with Crippen LogP contribution in [0.1, 0.15) is 35.2 Å². The van der Waals surface area contributed by atoms with Crippen molar-refractivity contribution in [3.63, 3.8) is 0 Å². The van der Waals surface area contributed by atoms with E-state index in [1.54, 1.807) is 0 Å². The SMILES string of the molecule is O=C1NCC2(CCC2)c2c(Cl)cccc21. The molecule has 78 valence electrons. The number of hydrogen-bond donors (Lipinski definition) is 1. The van der Waals surface area contributed by atoms with Gasteiger partial charge in [-0.3, -0.25) is 4.79 Å². The monoisotopic (exact) mass is 221 g/mol. The quantitative estimate of drug-likeness (QED) is 0.717. The highest BCUT2D eigenvalue weighted by atomic mass is 35.5. The van der Waals surface area contributed by atoms with Crippen molar-refractivity contribution in [1.82, 2.24) is 5.32 Å². The Kier molecular flexibility index (Phi) is 1.84. The van der Waals surface area contributed by atoms with Crippen molar-refractivity contribution in [2.45, 2.75) is 24.7 Å². The molecule has 2 nitrogen and oxygen atoms in total. The first-order valence-corrected chi connectivity index (χ1v) is 5.68. The lowest BCUT2D eigenvalue weighted by Gasteiger charge is -2.46. The van der Waals surface area contributed by atoms with E-state index in [0.29, 0.717) is 0 Å². The zero-order valence-electron chi connectivity index (χ0n) is 8.35. The number of nitrogens with one attached hydrogen (secondary N) is 1. The topological polar surface area (TPSA) is 29.1 Å². The summed E-state index contributed by atoms with van der Waals surface area (Å²) >= 11 is 6.22. The maximum atomic E-state index is 11.7. The number of fused-ring (bicyclic) bond motifs is 2. The summed E-state index contributed by atoms with van der Waals surface area (Å²) < 4.78 is 0. The van der Waals surface area contributed by atoms with Crippen LogP contribution in [0.2, 0.25) is 5.02 Å². The fraction of sp³-hybridized carbons (Fsp3) is 0.417. The zero-order chi connectivity index (χ0) is 10.5. The second-order valence-corrected chi connectivity index (χ2v) is 4.89. The first kappa shape index (κ1) is 9.22. The molecular formula is C12H12ClNO. The number of amides is 1. The Balaban J connectivity index is 2.23. The van der Waals surface area contributed by atoms with Gasteiger partial charge < -0.3 is 5.32 Å². The molecule has 0 atom stereocenters. The Labute approximate surface area is 93.6 Å². The molecule has 0 aromatic heterocycles. The number of rotatable bonds is 0. The van der Waals surface area contributed by atoms with Crippen LogP contribution in [0.25, 0.3) is 0 Å². The van der Waals surface area contributed by atoms with E-state index in [1.807, 2.05) is 18.2 Å². The molecule has 1 fully saturated rings. The summed E-state index contributed by atoms with van der Waals surface area (Å²) in [6, 6.07) is 5.60. The van der Waals surface area contributed by atoms with E-state index in [1.165, 1.54) is 6.42 Å². The van der Waals surface area contributed by atoms with Gasteiger partial charge in [0, 0.05) is 22.5 Å². The van der Waals surface area contributed by atoms with E-state index in [4.69, 9.17) is 11.6 Å². The summed E-state index contributed by atoms with van der Waals surface area (Å²) in [5.41, 5.74) is 2.00. The number of halogens is 1. The van der Waals surface area contributed by atoms with Gasteiger partial charge in [0.15, 0.2) is 0 Å². The van der Waals surface area contributed by atoms with Crippen LogP contribution < -0.4 is 5.32 Å². The molecule has 1 aliphatic heterocycles. The molecule has 3 rings (SSSR count). The summed E-state index contributed by atoms with van der Waals surface area (Å²) in [5.74, 6) is 0.0185. The van der Waals surface area contributed by atoms with Crippen molar-refractivity contribution >= 4 is 17.5 Å². The van der Waals surface area contributed by atoms with Crippen LogP contribution >= 0.6 is 11.6 Å². The number of benzene rings is 1. The van der Waals surface area contributed by atoms with Crippen molar-refractivity contribution in [2.75, 3.05) is 6.54 Å². The molecule has 1 spiro atoms. The second kappa shape index (κ2) is 2.99. The molecule has 1 aromatic carbocycles. The third-order valence-electron chi connectivity index (χ3n) is 3.69. The van der Waals surface area contributed by atoms with E-state index in [2.05, 4.69) is 5.32 Å². The lowest BCUT2D eigenvalue weighted by Crippen LogP contribution is -2.50. The standard InChI is InChI=1S/C12H12ClNO/c13-9-4-1-3-8-10(9)12(5-2-6-12)7-14-11(8)15/h1,3-4H,2,5-7H2,(H,14,15). The molecule has 0 saturated heterocycles. The lowest BCUT2D eigenvalue weighted by atomic mass is 9.62. The van der Waals surface area contributed by atoms with Gasteiger partial charge >= 0.3 is 0 Å². The predicted octanol–water partition coefficient (Wildman–Crippen LogP) is 2.51. The van der Waals surface area contributed by atoms with Gasteiger partial charge in [0.05, 0.1) is 0 Å². The normalized spacial score (nSPS) is 21.8. The largest absolute Gasteiger partial charge is 0.351 e. The first-order valence-electron chi connectivity index (χ1n) is 5.30. The van der Waals surface area contributed by atoms with Crippen LogP contribution in [0.4, 0.5) is 0 Å². The molecule has 0 bridgehead atoms. The minimum Gasteiger partial charge on any atom is -0.351 e. The molecule has 1 aromatic rings. The molecule has 1 amide bonds. The molecular weight excluding hydrogens is 210 g/mol. The predicted molar refractivity (Wildman–Crippen MR) is 59.3 cm³/mol. The van der Waals surface area contributed by atoms with Gasteiger partial charge in [0.1, 0.15) is 0 Å². The minimum absolute atomic E-state index is 0.0185. The van der Waals surface area contributed by atoms with Gasteiger partial charge in [-0.15, -0.1) is 0 Å². The highest BCUT2D eigenvalue weighted by Crippen LogP contribution is 2.48. The maximum Gasteiger partial charge on any atom is 0.251 e. The smallest absolute Gasteiger partial charge is 0.251 e.